The second-order valence-electron chi connectivity index (χ2n) is 10.4. The van der Waals surface area contributed by atoms with E-state index in [0.717, 1.165) is 46.0 Å². The number of aromatic nitrogens is 1. The Morgan fingerprint density at radius 2 is 1.63 bits per heavy atom. The number of hydrogen-bond acceptors (Lipinski definition) is 6. The third kappa shape index (κ3) is 4.36. The summed E-state index contributed by atoms with van der Waals surface area (Å²) in [6, 6.07) is 17.5. The van der Waals surface area contributed by atoms with Gasteiger partial charge in [-0.05, 0) is 23.6 Å². The lowest BCUT2D eigenvalue weighted by molar-refractivity contribution is -0.137. The van der Waals surface area contributed by atoms with Gasteiger partial charge in [-0.3, -0.25) is 23.7 Å². The Morgan fingerprint density at radius 1 is 0.951 bits per heavy atom. The van der Waals surface area contributed by atoms with Crippen LogP contribution in [0.15, 0.2) is 76.6 Å². The fourth-order valence-electron chi connectivity index (χ4n) is 5.58. The second-order valence-corrected chi connectivity index (χ2v) is 12.5. The molecule has 3 heterocycles. The van der Waals surface area contributed by atoms with E-state index in [4.69, 9.17) is 0 Å². The molecule has 210 valence electrons. The van der Waals surface area contributed by atoms with Crippen LogP contribution in [0.3, 0.4) is 0 Å². The number of fused-ring (bicyclic) bond motifs is 3. The number of para-hydroxylation sites is 1. The molecule has 0 spiro atoms. The monoisotopic (exact) mass is 597 g/mol. The van der Waals surface area contributed by atoms with Crippen LogP contribution in [0.2, 0.25) is 0 Å². The summed E-state index contributed by atoms with van der Waals surface area (Å²) in [7, 11) is 0. The topological polar surface area (TPSA) is 88.5 Å². The molecular formula is C29H22F3N3O4S2. The SMILES string of the molecule is CC1(C)c2sc(=O)n(CC(=O)Nc3cccc4ccccc34)c2S[C@@H]2C(=O)N(c3ccccc3C(F)(F)F)C(=O)[C@@H]21. The molecule has 0 unspecified atom stereocenters. The Balaban J connectivity index is 1.34. The second kappa shape index (κ2) is 9.59. The summed E-state index contributed by atoms with van der Waals surface area (Å²) in [5.74, 6) is -2.99. The first kappa shape index (κ1) is 27.3. The van der Waals surface area contributed by atoms with Crippen molar-refractivity contribution in [1.82, 2.24) is 4.57 Å². The third-order valence-corrected chi connectivity index (χ3v) is 10.3. The van der Waals surface area contributed by atoms with Gasteiger partial charge < -0.3 is 5.32 Å². The molecule has 1 saturated heterocycles. The van der Waals surface area contributed by atoms with Gasteiger partial charge in [-0.15, -0.1) is 0 Å². The number of thiazole rings is 1. The normalized spacial score (nSPS) is 19.8. The minimum absolute atomic E-state index is 0.336. The molecule has 6 rings (SSSR count). The molecule has 1 N–H and O–H groups in total. The molecule has 2 aliphatic rings. The number of rotatable bonds is 4. The first-order chi connectivity index (χ1) is 19.4. The van der Waals surface area contributed by atoms with E-state index in [1.165, 1.54) is 16.7 Å². The summed E-state index contributed by atoms with van der Waals surface area (Å²) >= 11 is 1.83. The van der Waals surface area contributed by atoms with Crippen LogP contribution in [0, 0.1) is 5.92 Å². The van der Waals surface area contributed by atoms with Crippen LogP contribution in [0.1, 0.15) is 24.3 Å². The number of nitrogens with one attached hydrogen (secondary N) is 1. The Kier molecular flexibility index (Phi) is 6.38. The van der Waals surface area contributed by atoms with Crippen LogP contribution < -0.4 is 15.1 Å². The predicted molar refractivity (Wildman–Crippen MR) is 151 cm³/mol. The molecule has 3 amide bonds. The molecule has 2 atom stereocenters. The number of alkyl halides is 3. The van der Waals surface area contributed by atoms with Gasteiger partial charge in [0, 0.05) is 21.4 Å². The van der Waals surface area contributed by atoms with Gasteiger partial charge in [0.2, 0.25) is 17.7 Å². The van der Waals surface area contributed by atoms with Crippen LogP contribution in [-0.2, 0) is 32.5 Å². The van der Waals surface area contributed by atoms with E-state index in [1.54, 1.807) is 26.0 Å². The maximum atomic E-state index is 13.8. The third-order valence-electron chi connectivity index (χ3n) is 7.52. The molecule has 41 heavy (non-hydrogen) atoms. The average Bonchev–Trinajstić information content (AvgIpc) is 3.37. The fraction of sp³-hybridized carbons (Fsp3) is 0.241. The standard InChI is InChI=1S/C29H22F3N3O4S2/c1-28(2)21-22(25(38)35(24(21)37)19-13-6-5-11-17(19)29(30,31)32)40-26-23(28)41-27(39)34(26)14-20(36)33-18-12-7-9-15-8-3-4-10-16(15)18/h3-13,21-22H,14H2,1-2H3,(H,33,36)/t21-,22+/m1/s1. The maximum Gasteiger partial charge on any atom is 0.418 e. The van der Waals surface area contributed by atoms with Crippen LogP contribution in [0.4, 0.5) is 24.5 Å². The summed E-state index contributed by atoms with van der Waals surface area (Å²) < 4.78 is 42.6. The van der Waals surface area contributed by atoms with E-state index < -0.39 is 56.6 Å². The van der Waals surface area contributed by atoms with E-state index in [1.807, 2.05) is 30.3 Å². The summed E-state index contributed by atoms with van der Waals surface area (Å²) in [5, 5.41) is 3.91. The summed E-state index contributed by atoms with van der Waals surface area (Å²) in [5.41, 5.74) is -2.08. The number of halogens is 3. The number of benzene rings is 3. The largest absolute Gasteiger partial charge is 0.418 e. The van der Waals surface area contributed by atoms with Gasteiger partial charge in [0.05, 0.1) is 22.2 Å². The van der Waals surface area contributed by atoms with Gasteiger partial charge >= 0.3 is 11.0 Å². The van der Waals surface area contributed by atoms with Crippen molar-refractivity contribution in [2.24, 2.45) is 5.92 Å². The van der Waals surface area contributed by atoms with Gasteiger partial charge in [0.1, 0.15) is 11.8 Å². The Bertz CT molecular complexity index is 1810. The molecule has 4 aromatic rings. The van der Waals surface area contributed by atoms with Crippen molar-refractivity contribution in [3.63, 3.8) is 0 Å². The number of carbonyl (C=O) groups is 3. The number of hydrogen-bond donors (Lipinski definition) is 1. The molecular weight excluding hydrogens is 575 g/mol. The zero-order valence-electron chi connectivity index (χ0n) is 21.7. The first-order valence-electron chi connectivity index (χ1n) is 12.6. The fourth-order valence-corrected chi connectivity index (χ4v) is 8.62. The van der Waals surface area contributed by atoms with Crippen molar-refractivity contribution in [2.75, 3.05) is 10.2 Å². The Labute approximate surface area is 240 Å². The van der Waals surface area contributed by atoms with Gasteiger partial charge in [-0.1, -0.05) is 85.5 Å². The van der Waals surface area contributed by atoms with Crippen LogP contribution in [0.5, 0.6) is 0 Å². The van der Waals surface area contributed by atoms with Crippen molar-refractivity contribution in [1.29, 1.82) is 0 Å². The highest BCUT2D eigenvalue weighted by atomic mass is 32.2. The van der Waals surface area contributed by atoms with Crippen molar-refractivity contribution in [3.05, 3.63) is 86.8 Å². The van der Waals surface area contributed by atoms with Crippen molar-refractivity contribution in [3.8, 4) is 0 Å². The van der Waals surface area contributed by atoms with E-state index in [-0.39, 0.29) is 6.54 Å². The number of nitrogens with zero attached hydrogens (tertiary/aromatic N) is 2. The van der Waals surface area contributed by atoms with E-state index in [9.17, 15) is 32.3 Å². The molecule has 0 bridgehead atoms. The highest BCUT2D eigenvalue weighted by Gasteiger charge is 2.60. The average molecular weight is 598 g/mol. The molecule has 0 aliphatic carbocycles. The van der Waals surface area contributed by atoms with Gasteiger partial charge in [-0.25, -0.2) is 4.90 Å². The van der Waals surface area contributed by atoms with Crippen LogP contribution in [-0.4, -0.2) is 27.5 Å². The maximum absolute atomic E-state index is 13.8. The van der Waals surface area contributed by atoms with Crippen molar-refractivity contribution in [2.45, 2.75) is 42.3 Å². The number of amides is 3. The molecule has 7 nitrogen and oxygen atoms in total. The highest BCUT2D eigenvalue weighted by molar-refractivity contribution is 8.00. The van der Waals surface area contributed by atoms with Crippen molar-refractivity contribution >= 4 is 63.0 Å². The quantitative estimate of drug-likeness (QED) is 0.307. The smallest absolute Gasteiger partial charge is 0.324 e. The van der Waals surface area contributed by atoms with E-state index in [0.29, 0.717) is 20.5 Å². The minimum atomic E-state index is -4.77. The van der Waals surface area contributed by atoms with Crippen LogP contribution in [0.25, 0.3) is 10.8 Å². The van der Waals surface area contributed by atoms with Gasteiger partial charge in [0.25, 0.3) is 0 Å². The van der Waals surface area contributed by atoms with Crippen LogP contribution >= 0.6 is 23.1 Å². The molecule has 2 aliphatic heterocycles. The van der Waals surface area contributed by atoms with E-state index in [2.05, 4.69) is 5.32 Å². The van der Waals surface area contributed by atoms with Gasteiger partial charge in [-0.2, -0.15) is 13.2 Å². The highest BCUT2D eigenvalue weighted by Crippen LogP contribution is 2.55. The molecule has 1 fully saturated rings. The number of anilines is 2. The molecule has 1 aromatic heterocycles. The van der Waals surface area contributed by atoms with Crippen molar-refractivity contribution < 1.29 is 27.6 Å². The summed E-state index contributed by atoms with van der Waals surface area (Å²) in [6.07, 6.45) is -4.77. The Morgan fingerprint density at radius 3 is 2.39 bits per heavy atom. The first-order valence-corrected chi connectivity index (χ1v) is 14.3. The summed E-state index contributed by atoms with van der Waals surface area (Å²) in [6.45, 7) is 3.06. The van der Waals surface area contributed by atoms with Gasteiger partial charge in [0.15, 0.2) is 0 Å². The zero-order valence-corrected chi connectivity index (χ0v) is 23.3. The molecule has 12 heteroatoms. The molecule has 0 saturated carbocycles. The predicted octanol–water partition coefficient (Wildman–Crippen LogP) is 5.66. The number of thioether (sulfide) groups is 1. The Hall–Kier alpha value is -3.90. The minimum Gasteiger partial charge on any atom is -0.324 e. The molecule has 0 radical (unpaired) electrons. The lowest BCUT2D eigenvalue weighted by Gasteiger charge is -2.36. The number of carbonyl (C=O) groups excluding carboxylic acids is 3. The number of imide groups is 1. The summed E-state index contributed by atoms with van der Waals surface area (Å²) in [4.78, 5) is 54.1. The zero-order chi connectivity index (χ0) is 29.3. The molecule has 3 aromatic carbocycles. The lowest BCUT2D eigenvalue weighted by Crippen LogP contribution is -2.42. The lowest BCUT2D eigenvalue weighted by atomic mass is 9.76. The van der Waals surface area contributed by atoms with E-state index >= 15 is 0 Å².